The quantitative estimate of drug-likeness (QED) is 0.584. The maximum Gasteiger partial charge on any atom is 0.251 e. The van der Waals surface area contributed by atoms with E-state index in [0.717, 1.165) is 12.8 Å². The van der Waals surface area contributed by atoms with Crippen LogP contribution in [0.15, 0.2) is 36.4 Å². The molecule has 30 heavy (non-hydrogen) atoms. The van der Waals surface area contributed by atoms with E-state index >= 15 is 0 Å². The van der Waals surface area contributed by atoms with E-state index < -0.39 is 6.10 Å². The van der Waals surface area contributed by atoms with E-state index in [0.29, 0.717) is 27.8 Å². The molecule has 6 nitrogen and oxygen atoms in total. The standard InChI is InChI=1S/C22H25Cl2NO5/c1-28-20-11-14(9-10-18(20)30-16-5-2-3-6-16)22(27)25-12-15(26)13-29-19-8-4-7-17(23)21(19)24/h4,7-11,15-16,26H,2-3,5-6,12-13H2,1H3,(H,25,27). The molecule has 0 aliphatic heterocycles. The number of nitrogens with one attached hydrogen (secondary N) is 1. The Balaban J connectivity index is 1.51. The fraction of sp³-hybridized carbons (Fsp3) is 0.409. The molecule has 0 spiro atoms. The highest BCUT2D eigenvalue weighted by atomic mass is 35.5. The Kier molecular flexibility index (Phi) is 8.08. The number of benzene rings is 2. The molecule has 1 aliphatic rings. The van der Waals surface area contributed by atoms with Crippen molar-refractivity contribution in [2.24, 2.45) is 0 Å². The minimum absolute atomic E-state index is 0.0136. The van der Waals surface area contributed by atoms with E-state index in [1.807, 2.05) is 0 Å². The van der Waals surface area contributed by atoms with E-state index in [-0.39, 0.29) is 30.2 Å². The van der Waals surface area contributed by atoms with Gasteiger partial charge in [-0.15, -0.1) is 0 Å². The van der Waals surface area contributed by atoms with Crippen LogP contribution in [0.1, 0.15) is 36.0 Å². The molecule has 162 valence electrons. The monoisotopic (exact) mass is 453 g/mol. The summed E-state index contributed by atoms with van der Waals surface area (Å²) in [5, 5.41) is 13.4. The lowest BCUT2D eigenvalue weighted by Crippen LogP contribution is -2.35. The zero-order valence-electron chi connectivity index (χ0n) is 16.7. The summed E-state index contributed by atoms with van der Waals surface area (Å²) in [4.78, 5) is 12.4. The summed E-state index contributed by atoms with van der Waals surface area (Å²) in [6.45, 7) is -0.0303. The van der Waals surface area contributed by atoms with Crippen molar-refractivity contribution in [2.75, 3.05) is 20.3 Å². The van der Waals surface area contributed by atoms with Gasteiger partial charge in [0.05, 0.1) is 18.2 Å². The first kappa shape index (κ1) is 22.5. The summed E-state index contributed by atoms with van der Waals surface area (Å²) in [6, 6.07) is 10.1. The molecule has 1 unspecified atom stereocenters. The van der Waals surface area contributed by atoms with Gasteiger partial charge in [0.25, 0.3) is 5.91 Å². The third-order valence-corrected chi connectivity index (χ3v) is 5.67. The first-order chi connectivity index (χ1) is 14.5. The third-order valence-electron chi connectivity index (χ3n) is 4.87. The second-order valence-electron chi connectivity index (χ2n) is 7.12. The summed E-state index contributed by atoms with van der Waals surface area (Å²) in [5.41, 5.74) is 0.414. The van der Waals surface area contributed by atoms with Gasteiger partial charge in [0.1, 0.15) is 23.5 Å². The van der Waals surface area contributed by atoms with Crippen molar-refractivity contribution in [2.45, 2.75) is 37.9 Å². The predicted molar refractivity (Wildman–Crippen MR) is 116 cm³/mol. The van der Waals surface area contributed by atoms with Crippen molar-refractivity contribution in [3.63, 3.8) is 0 Å². The van der Waals surface area contributed by atoms with Crippen LogP contribution in [0.3, 0.4) is 0 Å². The molecular formula is C22H25Cl2NO5. The number of ether oxygens (including phenoxy) is 3. The van der Waals surface area contributed by atoms with Crippen LogP contribution in [0.25, 0.3) is 0 Å². The second-order valence-corrected chi connectivity index (χ2v) is 7.90. The van der Waals surface area contributed by atoms with Crippen LogP contribution in [-0.2, 0) is 0 Å². The average molecular weight is 454 g/mol. The van der Waals surface area contributed by atoms with Crippen LogP contribution >= 0.6 is 23.2 Å². The number of amides is 1. The average Bonchev–Trinajstić information content (AvgIpc) is 3.26. The predicted octanol–water partition coefficient (Wildman–Crippen LogP) is 4.49. The lowest BCUT2D eigenvalue weighted by molar-refractivity contribution is 0.0843. The topological polar surface area (TPSA) is 77.0 Å². The van der Waals surface area contributed by atoms with E-state index in [2.05, 4.69) is 5.32 Å². The van der Waals surface area contributed by atoms with Gasteiger partial charge in [-0.25, -0.2) is 0 Å². The molecule has 2 aromatic carbocycles. The molecule has 2 aromatic rings. The fourth-order valence-corrected chi connectivity index (χ4v) is 3.59. The Morgan fingerprint density at radius 2 is 1.93 bits per heavy atom. The summed E-state index contributed by atoms with van der Waals surface area (Å²) in [7, 11) is 1.54. The molecule has 8 heteroatoms. The highest BCUT2D eigenvalue weighted by Gasteiger charge is 2.19. The molecule has 1 fully saturated rings. The molecule has 0 radical (unpaired) electrons. The van der Waals surface area contributed by atoms with E-state index in [1.165, 1.54) is 12.8 Å². The van der Waals surface area contributed by atoms with Crippen molar-refractivity contribution in [3.8, 4) is 17.2 Å². The number of hydrogen-bond donors (Lipinski definition) is 2. The van der Waals surface area contributed by atoms with Gasteiger partial charge >= 0.3 is 0 Å². The first-order valence-electron chi connectivity index (χ1n) is 9.85. The van der Waals surface area contributed by atoms with Gasteiger partial charge in [0.2, 0.25) is 0 Å². The minimum Gasteiger partial charge on any atom is -0.493 e. The van der Waals surface area contributed by atoms with E-state index in [4.69, 9.17) is 37.4 Å². The maximum absolute atomic E-state index is 12.4. The Bertz CT molecular complexity index is 871. The molecule has 0 heterocycles. The summed E-state index contributed by atoms with van der Waals surface area (Å²) >= 11 is 12.0. The van der Waals surface area contributed by atoms with Crippen LogP contribution in [0, 0.1) is 0 Å². The summed E-state index contributed by atoms with van der Waals surface area (Å²) in [5.74, 6) is 1.18. The largest absolute Gasteiger partial charge is 0.493 e. The molecule has 1 aliphatic carbocycles. The molecule has 1 atom stereocenters. The van der Waals surface area contributed by atoms with Gasteiger partial charge in [0, 0.05) is 12.1 Å². The Morgan fingerprint density at radius 1 is 1.17 bits per heavy atom. The lowest BCUT2D eigenvalue weighted by atomic mass is 10.1. The molecule has 2 N–H and O–H groups in total. The number of methoxy groups -OCH3 is 1. The van der Waals surface area contributed by atoms with Gasteiger partial charge in [-0.1, -0.05) is 29.3 Å². The van der Waals surface area contributed by atoms with Crippen LogP contribution in [0.4, 0.5) is 0 Å². The van der Waals surface area contributed by atoms with Crippen molar-refractivity contribution in [3.05, 3.63) is 52.0 Å². The number of carbonyl (C=O) groups is 1. The van der Waals surface area contributed by atoms with Crippen LogP contribution in [-0.4, -0.2) is 43.5 Å². The molecule has 1 saturated carbocycles. The molecule has 1 amide bonds. The number of rotatable bonds is 9. The Hall–Kier alpha value is -2.15. The smallest absolute Gasteiger partial charge is 0.251 e. The van der Waals surface area contributed by atoms with Crippen LogP contribution < -0.4 is 19.5 Å². The first-order valence-corrected chi connectivity index (χ1v) is 10.6. The zero-order valence-corrected chi connectivity index (χ0v) is 18.2. The summed E-state index contributed by atoms with van der Waals surface area (Å²) in [6.07, 6.45) is 3.68. The number of carbonyl (C=O) groups excluding carboxylic acids is 1. The normalized spacial score (nSPS) is 14.9. The van der Waals surface area contributed by atoms with Crippen molar-refractivity contribution >= 4 is 29.1 Å². The molecule has 3 rings (SSSR count). The molecule has 0 saturated heterocycles. The Morgan fingerprint density at radius 3 is 2.67 bits per heavy atom. The molecule has 0 aromatic heterocycles. The van der Waals surface area contributed by atoms with Crippen LogP contribution in [0.5, 0.6) is 17.2 Å². The fourth-order valence-electron chi connectivity index (χ4n) is 3.24. The van der Waals surface area contributed by atoms with Crippen molar-refractivity contribution in [1.82, 2.24) is 5.32 Å². The lowest BCUT2D eigenvalue weighted by Gasteiger charge is -2.17. The van der Waals surface area contributed by atoms with Crippen LogP contribution in [0.2, 0.25) is 10.0 Å². The highest BCUT2D eigenvalue weighted by Crippen LogP contribution is 2.33. The Labute approximate surface area is 186 Å². The van der Waals surface area contributed by atoms with Crippen molar-refractivity contribution < 1.29 is 24.1 Å². The maximum atomic E-state index is 12.4. The van der Waals surface area contributed by atoms with Gasteiger partial charge < -0.3 is 24.6 Å². The molecule has 0 bridgehead atoms. The van der Waals surface area contributed by atoms with E-state index in [9.17, 15) is 9.90 Å². The number of halogens is 2. The van der Waals surface area contributed by atoms with Gasteiger partial charge in [-0.05, 0) is 56.0 Å². The number of aliphatic hydroxyl groups excluding tert-OH is 1. The van der Waals surface area contributed by atoms with E-state index in [1.54, 1.807) is 43.5 Å². The number of aliphatic hydroxyl groups is 1. The number of hydrogen-bond acceptors (Lipinski definition) is 5. The zero-order chi connectivity index (χ0) is 21.5. The SMILES string of the molecule is COc1cc(C(=O)NCC(O)COc2cccc(Cl)c2Cl)ccc1OC1CCCC1. The van der Waals surface area contributed by atoms with Gasteiger partial charge in [0.15, 0.2) is 11.5 Å². The second kappa shape index (κ2) is 10.8. The van der Waals surface area contributed by atoms with Crippen molar-refractivity contribution in [1.29, 1.82) is 0 Å². The van der Waals surface area contributed by atoms with Gasteiger partial charge in [-0.2, -0.15) is 0 Å². The molecular weight excluding hydrogens is 429 g/mol. The minimum atomic E-state index is -0.920. The summed E-state index contributed by atoms with van der Waals surface area (Å²) < 4.78 is 16.9. The third kappa shape index (κ3) is 5.94. The highest BCUT2D eigenvalue weighted by molar-refractivity contribution is 6.42. The van der Waals surface area contributed by atoms with Gasteiger partial charge in [-0.3, -0.25) is 4.79 Å².